The van der Waals surface area contributed by atoms with E-state index in [1.54, 1.807) is 98.6 Å². The van der Waals surface area contributed by atoms with Gasteiger partial charge >= 0.3 is 17.9 Å². The first-order valence-electron chi connectivity index (χ1n) is 29.2. The van der Waals surface area contributed by atoms with E-state index in [9.17, 15) is 44.1 Å². The van der Waals surface area contributed by atoms with Gasteiger partial charge in [-0.1, -0.05) is 127 Å². The quantitative estimate of drug-likeness (QED) is 0.0325. The second-order valence-electron chi connectivity index (χ2n) is 21.6. The number of aliphatic hydroxyl groups excluding tert-OH is 1. The molecule has 0 radical (unpaired) electrons. The fraction of sp³-hybridized carbons (Fsp3) is 0.192. The number of nitrogens with zero attached hydrogens (tertiary/aromatic N) is 5. The van der Waals surface area contributed by atoms with E-state index in [1.807, 2.05) is 121 Å². The molecule has 4 N–H and O–H groups in total. The molecule has 472 valence electrons. The zero-order valence-electron chi connectivity index (χ0n) is 50.8. The number of carbonyl (C=O) groups excluding carboxylic acids is 3. The molecule has 16 nitrogen and oxygen atoms in total. The molecule has 0 bridgehead atoms. The summed E-state index contributed by atoms with van der Waals surface area (Å²) in [6.07, 6.45) is 11.5. The lowest BCUT2D eigenvalue weighted by Gasteiger charge is -2.20. The molecule has 0 aliphatic heterocycles. The molecule has 0 unspecified atom stereocenters. The molecule has 1 saturated carbocycles. The largest absolute Gasteiger partial charge is 0.508 e. The van der Waals surface area contributed by atoms with Gasteiger partial charge in [0.1, 0.15) is 34.6 Å². The predicted molar refractivity (Wildman–Crippen MR) is 361 cm³/mol. The van der Waals surface area contributed by atoms with Gasteiger partial charge in [-0.25, -0.2) is 14.4 Å². The number of rotatable bonds is 24. The van der Waals surface area contributed by atoms with Gasteiger partial charge in [0.2, 0.25) is 0 Å². The third-order valence-electron chi connectivity index (χ3n) is 14.5. The zero-order valence-corrected chi connectivity index (χ0v) is 53.1. The highest BCUT2D eigenvalue weighted by Gasteiger charge is 2.30. The number of carboxylic acid groups (broad SMARTS) is 3. The van der Waals surface area contributed by atoms with Crippen molar-refractivity contribution in [1.29, 1.82) is 0 Å². The Morgan fingerprint density at radius 2 is 1.07 bits per heavy atom. The van der Waals surface area contributed by atoms with E-state index in [0.717, 1.165) is 46.5 Å². The summed E-state index contributed by atoms with van der Waals surface area (Å²) in [5, 5.41) is 39.2. The van der Waals surface area contributed by atoms with Crippen LogP contribution >= 0.6 is 34.8 Å². The number of benzene rings is 6. The number of Topliss-reactive ketones (excluding diaryl/α,β-unsaturated/α-hetero) is 3. The van der Waals surface area contributed by atoms with Crippen LogP contribution in [0.15, 0.2) is 205 Å². The van der Waals surface area contributed by atoms with Crippen LogP contribution < -0.4 is 9.80 Å². The number of carboxylic acids is 3. The van der Waals surface area contributed by atoms with E-state index in [2.05, 4.69) is 21.5 Å². The fourth-order valence-electron chi connectivity index (χ4n) is 9.60. The number of carbonyl (C=O) groups is 6. The van der Waals surface area contributed by atoms with Crippen LogP contribution in [0.4, 0.5) is 11.4 Å². The molecule has 19 heteroatoms. The summed E-state index contributed by atoms with van der Waals surface area (Å²) in [6.45, 7) is 7.03. The number of aromatic nitrogens is 2. The minimum atomic E-state index is -1.04. The summed E-state index contributed by atoms with van der Waals surface area (Å²) >= 11 is 17.9. The van der Waals surface area contributed by atoms with Crippen molar-refractivity contribution in [2.45, 2.75) is 71.5 Å². The average Bonchev–Trinajstić information content (AvgIpc) is 1.41. The Bertz CT molecular complexity index is 4080. The molecular formula is C73H68Cl3N5O11. The van der Waals surface area contributed by atoms with E-state index in [-0.39, 0.29) is 71.4 Å². The topological polar surface area (TPSA) is 241 Å². The Kier molecular flexibility index (Phi) is 25.9. The van der Waals surface area contributed by atoms with Crippen molar-refractivity contribution in [2.75, 3.05) is 23.9 Å². The molecule has 6 aromatic carbocycles. The highest BCUT2D eigenvalue weighted by molar-refractivity contribution is 6.34. The molecule has 92 heavy (non-hydrogen) atoms. The number of ketones is 3. The van der Waals surface area contributed by atoms with Crippen molar-refractivity contribution < 1.29 is 53.6 Å². The minimum absolute atomic E-state index is 0.0314. The van der Waals surface area contributed by atoms with Gasteiger partial charge in [0.15, 0.2) is 0 Å². The molecule has 9 aromatic rings. The number of anilines is 2. The molecule has 3 heterocycles. The van der Waals surface area contributed by atoms with E-state index >= 15 is 0 Å². The van der Waals surface area contributed by atoms with Crippen molar-refractivity contribution in [3.8, 4) is 11.3 Å². The number of hydrogen-bond acceptors (Lipinski definition) is 13. The summed E-state index contributed by atoms with van der Waals surface area (Å²) in [7, 11) is 3.80. The Morgan fingerprint density at radius 1 is 0.554 bits per heavy atom. The molecule has 0 atom stereocenters. The Morgan fingerprint density at radius 3 is 1.59 bits per heavy atom. The number of halogens is 3. The van der Waals surface area contributed by atoms with Crippen LogP contribution in [0, 0.1) is 5.92 Å². The highest BCUT2D eigenvalue weighted by Crippen LogP contribution is 2.33. The molecule has 10 rings (SSSR count). The SMILES string of the molecule is C=C(O)c1ccccc1CN=Cc1ccc(-c2ccccc2Cl)o1.CCC(=O)Cc1ccc(N(C)Cc2cccnc2)cc1C(=O)O.CN(Cc1cccnc1)c1ccc(CC(=O)C2CC2)c(C(=O)O)c1.O=C(Cc1cc(Cl)cc(Cl)c1)Cc1ccccc1C(=O)O. The number of pyridine rings is 2. The molecule has 0 spiro atoms. The average molecular weight is 1300 g/mol. The highest BCUT2D eigenvalue weighted by atomic mass is 35.5. The summed E-state index contributed by atoms with van der Waals surface area (Å²) in [6, 6.07) is 48.3. The maximum atomic E-state index is 12.1. The van der Waals surface area contributed by atoms with Crippen LogP contribution in [0.25, 0.3) is 17.1 Å². The lowest BCUT2D eigenvalue weighted by atomic mass is 9.99. The van der Waals surface area contributed by atoms with Crippen LogP contribution in [0.1, 0.15) is 108 Å². The Hall–Kier alpha value is -10.0. The van der Waals surface area contributed by atoms with Crippen molar-refractivity contribution in [2.24, 2.45) is 10.9 Å². The molecule has 0 amide bonds. The van der Waals surface area contributed by atoms with Crippen LogP contribution in [-0.2, 0) is 59.7 Å². The normalized spacial score (nSPS) is 11.4. The molecule has 1 fully saturated rings. The van der Waals surface area contributed by atoms with Crippen molar-refractivity contribution in [3.63, 3.8) is 0 Å². The Labute approximate surface area is 548 Å². The fourth-order valence-corrected chi connectivity index (χ4v) is 10.4. The number of hydrogen-bond donors (Lipinski definition) is 4. The van der Waals surface area contributed by atoms with Gasteiger partial charge in [0, 0.05) is 123 Å². The zero-order chi connectivity index (χ0) is 66.3. The molecule has 0 saturated heterocycles. The second kappa shape index (κ2) is 34.3. The summed E-state index contributed by atoms with van der Waals surface area (Å²) in [5.41, 5.74) is 9.04. The second-order valence-corrected chi connectivity index (χ2v) is 22.9. The van der Waals surface area contributed by atoms with Crippen molar-refractivity contribution in [1.82, 2.24) is 9.97 Å². The van der Waals surface area contributed by atoms with Crippen LogP contribution in [0.2, 0.25) is 15.1 Å². The minimum Gasteiger partial charge on any atom is -0.508 e. The van der Waals surface area contributed by atoms with E-state index in [0.29, 0.717) is 80.5 Å². The maximum Gasteiger partial charge on any atom is 0.336 e. The van der Waals surface area contributed by atoms with Crippen molar-refractivity contribution in [3.05, 3.63) is 277 Å². The monoisotopic (exact) mass is 1300 g/mol. The smallest absolute Gasteiger partial charge is 0.336 e. The van der Waals surface area contributed by atoms with Gasteiger partial charge in [0.25, 0.3) is 0 Å². The first-order chi connectivity index (χ1) is 44.1. The third-order valence-corrected chi connectivity index (χ3v) is 15.3. The van der Waals surface area contributed by atoms with E-state index in [1.165, 1.54) is 6.07 Å². The van der Waals surface area contributed by atoms with E-state index in [4.69, 9.17) is 44.3 Å². The molecule has 3 aromatic heterocycles. The summed E-state index contributed by atoms with van der Waals surface area (Å²) < 4.78 is 5.77. The van der Waals surface area contributed by atoms with Gasteiger partial charge in [0.05, 0.1) is 34.5 Å². The molecule has 1 aliphatic rings. The third kappa shape index (κ3) is 21.3. The van der Waals surface area contributed by atoms with Crippen LogP contribution in [0.5, 0.6) is 0 Å². The summed E-state index contributed by atoms with van der Waals surface area (Å²) in [5.74, 6) is -1.44. The number of aliphatic imine (C=N–C) groups is 1. The number of furan rings is 1. The Balaban J connectivity index is 0.000000174. The first kappa shape index (κ1) is 69.5. The van der Waals surface area contributed by atoms with Gasteiger partial charge in [-0.05, 0) is 137 Å². The van der Waals surface area contributed by atoms with Crippen LogP contribution in [-0.4, -0.2) is 86.0 Å². The molecule has 1 aliphatic carbocycles. The first-order valence-corrected chi connectivity index (χ1v) is 30.3. The standard InChI is InChI=1S/C20H16ClNO2.C19H20N2O3.C18H20N2O3.C16H12Cl2O3/c1-14(23)17-7-3-2-6-15(17)12-22-13-16-10-11-20(24-16)18-8-4-5-9-19(18)21;1-21(12-13-3-2-8-20-11-13)16-7-6-15(17(10-16)19(23)24)9-18(22)14-4-5-14;1-3-16(21)9-14-6-7-15(10-17(14)18(22)23)20(2)12-13-5-4-8-19-11-13;17-12-5-10(6-13(18)9-12)7-14(19)8-11-3-1-2-4-15(11)16(20)21/h2-11,13,23H,1,12H2;2-3,6-8,10-11,14H,4-5,9,12H2,1H3,(H,23,24);4-8,10-11H,3,9,12H2,1-2H3,(H,22,23);1-6,9H,7-8H2,(H,20,21). The van der Waals surface area contributed by atoms with E-state index < -0.39 is 17.9 Å². The van der Waals surface area contributed by atoms with Gasteiger partial charge < -0.3 is 34.6 Å². The van der Waals surface area contributed by atoms with Gasteiger partial charge in [-0.15, -0.1) is 0 Å². The number of aromatic carboxylic acids is 3. The predicted octanol–water partition coefficient (Wildman–Crippen LogP) is 15.7. The number of aliphatic hydroxyl groups is 1. The lowest BCUT2D eigenvalue weighted by Crippen LogP contribution is -2.18. The molecular weight excluding hydrogens is 1230 g/mol. The van der Waals surface area contributed by atoms with Crippen molar-refractivity contribution >= 4 is 93.4 Å². The van der Waals surface area contributed by atoms with Gasteiger partial charge in [-0.3, -0.25) is 29.3 Å². The van der Waals surface area contributed by atoms with Crippen LogP contribution in [0.3, 0.4) is 0 Å². The lowest BCUT2D eigenvalue weighted by molar-refractivity contribution is -0.120. The van der Waals surface area contributed by atoms with Gasteiger partial charge in [-0.2, -0.15) is 0 Å². The maximum absolute atomic E-state index is 12.1. The summed E-state index contributed by atoms with van der Waals surface area (Å²) in [4.78, 5) is 86.3.